The molecule has 0 N–H and O–H groups in total. The van der Waals surface area contributed by atoms with Crippen molar-refractivity contribution in [2.75, 3.05) is 0 Å². The summed E-state index contributed by atoms with van der Waals surface area (Å²) in [6.07, 6.45) is 0. The molecule has 0 bridgehead atoms. The van der Waals surface area contributed by atoms with Gasteiger partial charge in [-0.3, -0.25) is 0 Å². The van der Waals surface area contributed by atoms with Gasteiger partial charge in [-0.1, -0.05) is 23.7 Å². The molecule has 0 aliphatic heterocycles. The van der Waals surface area contributed by atoms with Crippen LogP contribution in [0.4, 0.5) is 0 Å². The maximum absolute atomic E-state index is 6.03. The van der Waals surface area contributed by atoms with E-state index in [4.69, 9.17) is 16.3 Å². The summed E-state index contributed by atoms with van der Waals surface area (Å²) < 4.78 is 8.04. The van der Waals surface area contributed by atoms with Gasteiger partial charge in [-0.05, 0) is 49.7 Å². The summed E-state index contributed by atoms with van der Waals surface area (Å²) >= 11 is 6.03. The minimum absolute atomic E-state index is 0.448. The van der Waals surface area contributed by atoms with Crippen LogP contribution in [0.5, 0.6) is 5.75 Å². The average molecular weight is 301 g/mol. The molecule has 0 saturated carbocycles. The van der Waals surface area contributed by atoms with E-state index in [0.717, 1.165) is 39.7 Å². The van der Waals surface area contributed by atoms with Crippen LogP contribution in [0.1, 0.15) is 18.3 Å². The molecule has 0 amide bonds. The van der Waals surface area contributed by atoms with E-state index < -0.39 is 0 Å². The van der Waals surface area contributed by atoms with Crippen LogP contribution in [-0.2, 0) is 13.2 Å². The highest BCUT2D eigenvalue weighted by Gasteiger charge is 2.09. The Hall–Kier alpha value is -2.00. The van der Waals surface area contributed by atoms with Gasteiger partial charge in [0.05, 0.1) is 11.0 Å². The third-order valence-electron chi connectivity index (χ3n) is 3.55. The summed E-state index contributed by atoms with van der Waals surface area (Å²) in [5.41, 5.74) is 3.16. The van der Waals surface area contributed by atoms with Gasteiger partial charge in [0.25, 0.3) is 0 Å². The zero-order chi connectivity index (χ0) is 14.8. The molecule has 0 atom stereocenters. The van der Waals surface area contributed by atoms with Crippen LogP contribution < -0.4 is 4.74 Å². The summed E-state index contributed by atoms with van der Waals surface area (Å²) in [4.78, 5) is 4.65. The van der Waals surface area contributed by atoms with Crippen molar-refractivity contribution >= 4 is 22.6 Å². The highest BCUT2D eigenvalue weighted by atomic mass is 35.5. The molecule has 0 unspecified atom stereocenters. The first-order valence-electron chi connectivity index (χ1n) is 7.02. The molecular formula is C17H17ClN2O. The van der Waals surface area contributed by atoms with E-state index in [1.54, 1.807) is 0 Å². The van der Waals surface area contributed by atoms with Gasteiger partial charge >= 0.3 is 0 Å². The smallest absolute Gasteiger partial charge is 0.147 e. The molecule has 0 spiro atoms. The van der Waals surface area contributed by atoms with Gasteiger partial charge < -0.3 is 9.30 Å². The summed E-state index contributed by atoms with van der Waals surface area (Å²) in [6, 6.07) is 13.8. The van der Waals surface area contributed by atoms with Crippen LogP contribution in [0.3, 0.4) is 0 Å². The molecule has 3 rings (SSSR count). The van der Waals surface area contributed by atoms with E-state index in [-0.39, 0.29) is 0 Å². The van der Waals surface area contributed by atoms with Crippen LogP contribution in [0.15, 0.2) is 42.5 Å². The third-order valence-corrected chi connectivity index (χ3v) is 3.97. The topological polar surface area (TPSA) is 27.1 Å². The lowest BCUT2D eigenvalue weighted by atomic mass is 10.2. The van der Waals surface area contributed by atoms with Gasteiger partial charge in [0.15, 0.2) is 0 Å². The molecule has 1 aromatic heterocycles. The maximum Gasteiger partial charge on any atom is 0.147 e. The first-order valence-corrected chi connectivity index (χ1v) is 7.40. The molecule has 3 nitrogen and oxygen atoms in total. The van der Waals surface area contributed by atoms with E-state index in [1.165, 1.54) is 0 Å². The number of rotatable bonds is 4. The average Bonchev–Trinajstić information content (AvgIpc) is 2.86. The van der Waals surface area contributed by atoms with Gasteiger partial charge in [-0.15, -0.1) is 0 Å². The minimum Gasteiger partial charge on any atom is -0.486 e. The fraction of sp³-hybridized carbons (Fsp3) is 0.235. The first kappa shape index (κ1) is 14.0. The van der Waals surface area contributed by atoms with Gasteiger partial charge in [-0.25, -0.2) is 4.98 Å². The Labute approximate surface area is 129 Å². The third kappa shape index (κ3) is 2.74. The number of benzene rings is 2. The number of para-hydroxylation sites is 2. The van der Waals surface area contributed by atoms with Crippen molar-refractivity contribution < 1.29 is 4.74 Å². The summed E-state index contributed by atoms with van der Waals surface area (Å²) in [5.74, 6) is 1.75. The molecule has 4 heteroatoms. The van der Waals surface area contributed by atoms with Crippen LogP contribution in [-0.4, -0.2) is 9.55 Å². The number of hydrogen-bond donors (Lipinski definition) is 0. The van der Waals surface area contributed by atoms with Crippen molar-refractivity contribution in [3.63, 3.8) is 0 Å². The summed E-state index contributed by atoms with van der Waals surface area (Å²) in [5, 5.41) is 0.753. The standard InChI is InChI=1S/C17H17ClN2O/c1-3-20-16-7-5-4-6-15(16)19-17(20)11-21-13-8-9-14(18)12(2)10-13/h4-10H,3,11H2,1-2H3. The number of hydrogen-bond acceptors (Lipinski definition) is 2. The van der Waals surface area contributed by atoms with E-state index in [1.807, 2.05) is 43.3 Å². The molecule has 0 aliphatic rings. The molecule has 0 radical (unpaired) electrons. The molecule has 2 aromatic carbocycles. The van der Waals surface area contributed by atoms with Crippen LogP contribution in [0.2, 0.25) is 5.02 Å². The molecule has 0 saturated heterocycles. The number of fused-ring (bicyclic) bond motifs is 1. The van der Waals surface area contributed by atoms with Crippen molar-refractivity contribution in [1.82, 2.24) is 9.55 Å². The predicted octanol–water partition coefficient (Wildman–Crippen LogP) is 4.60. The molecule has 0 fully saturated rings. The van der Waals surface area contributed by atoms with Crippen LogP contribution >= 0.6 is 11.6 Å². The number of nitrogens with zero attached hydrogens (tertiary/aromatic N) is 2. The van der Waals surface area contributed by atoms with E-state index in [9.17, 15) is 0 Å². The molecule has 21 heavy (non-hydrogen) atoms. The fourth-order valence-corrected chi connectivity index (χ4v) is 2.56. The normalized spacial score (nSPS) is 11.0. The molecule has 3 aromatic rings. The van der Waals surface area contributed by atoms with E-state index in [0.29, 0.717) is 6.61 Å². The fourth-order valence-electron chi connectivity index (χ4n) is 2.44. The second kappa shape index (κ2) is 5.78. The lowest BCUT2D eigenvalue weighted by molar-refractivity contribution is 0.290. The second-order valence-electron chi connectivity index (χ2n) is 4.96. The van der Waals surface area contributed by atoms with Crippen LogP contribution in [0, 0.1) is 6.92 Å². The van der Waals surface area contributed by atoms with Gasteiger partial charge in [0.2, 0.25) is 0 Å². The summed E-state index contributed by atoms with van der Waals surface area (Å²) in [7, 11) is 0. The van der Waals surface area contributed by atoms with Crippen molar-refractivity contribution in [2.24, 2.45) is 0 Å². The molecule has 108 valence electrons. The lowest BCUT2D eigenvalue weighted by Crippen LogP contribution is -2.06. The Bertz CT molecular complexity index is 780. The maximum atomic E-state index is 6.03. The quantitative estimate of drug-likeness (QED) is 0.704. The lowest BCUT2D eigenvalue weighted by Gasteiger charge is -2.09. The largest absolute Gasteiger partial charge is 0.486 e. The van der Waals surface area contributed by atoms with Crippen LogP contribution in [0.25, 0.3) is 11.0 Å². The Morgan fingerprint density at radius 2 is 2.00 bits per heavy atom. The predicted molar refractivity (Wildman–Crippen MR) is 85.9 cm³/mol. The molecule has 0 aliphatic carbocycles. The monoisotopic (exact) mass is 300 g/mol. The first-order chi connectivity index (χ1) is 10.2. The van der Waals surface area contributed by atoms with Gasteiger partial charge in [0, 0.05) is 11.6 Å². The number of ether oxygens (including phenoxy) is 1. The number of halogens is 1. The van der Waals surface area contributed by atoms with Gasteiger partial charge in [-0.2, -0.15) is 0 Å². The van der Waals surface area contributed by atoms with Crippen molar-refractivity contribution in [3.05, 3.63) is 58.9 Å². The van der Waals surface area contributed by atoms with Crippen molar-refractivity contribution in [2.45, 2.75) is 27.0 Å². The number of aromatic nitrogens is 2. The Morgan fingerprint density at radius 3 is 2.76 bits per heavy atom. The van der Waals surface area contributed by atoms with Gasteiger partial charge in [0.1, 0.15) is 18.2 Å². The second-order valence-corrected chi connectivity index (χ2v) is 5.37. The highest BCUT2D eigenvalue weighted by Crippen LogP contribution is 2.22. The zero-order valence-electron chi connectivity index (χ0n) is 12.1. The minimum atomic E-state index is 0.448. The van der Waals surface area contributed by atoms with E-state index in [2.05, 4.69) is 22.5 Å². The SMILES string of the molecule is CCn1c(COc2ccc(Cl)c(C)c2)nc2ccccc21. The molecule has 1 heterocycles. The van der Waals surface area contributed by atoms with E-state index >= 15 is 0 Å². The summed E-state index contributed by atoms with van der Waals surface area (Å²) in [6.45, 7) is 5.41. The Morgan fingerprint density at radius 1 is 1.19 bits per heavy atom. The Kier molecular flexibility index (Phi) is 3.84. The number of imidazole rings is 1. The molecular weight excluding hydrogens is 284 g/mol. The zero-order valence-corrected chi connectivity index (χ0v) is 12.9. The van der Waals surface area contributed by atoms with Crippen molar-refractivity contribution in [3.8, 4) is 5.75 Å². The van der Waals surface area contributed by atoms with Crippen molar-refractivity contribution in [1.29, 1.82) is 0 Å². The highest BCUT2D eigenvalue weighted by molar-refractivity contribution is 6.31. The number of aryl methyl sites for hydroxylation is 2. The Balaban J connectivity index is 1.86.